The van der Waals surface area contributed by atoms with Crippen LogP contribution >= 0.6 is 0 Å². The van der Waals surface area contributed by atoms with Gasteiger partial charge in [0.1, 0.15) is 5.75 Å². The average Bonchev–Trinajstić information content (AvgIpc) is 2.97. The summed E-state index contributed by atoms with van der Waals surface area (Å²) in [7, 11) is 2.13. The SMILES string of the molecule is CC.CN1CC2CN(c3ccc(OC(F)(F)F)cc3)CC2C1. The maximum Gasteiger partial charge on any atom is 0.573 e. The van der Waals surface area contributed by atoms with Gasteiger partial charge in [-0.1, -0.05) is 13.8 Å². The molecule has 22 heavy (non-hydrogen) atoms. The molecule has 2 atom stereocenters. The first-order valence-corrected chi connectivity index (χ1v) is 7.70. The van der Waals surface area contributed by atoms with Crippen LogP contribution in [0.4, 0.5) is 18.9 Å². The number of nitrogens with zero attached hydrogens (tertiary/aromatic N) is 2. The van der Waals surface area contributed by atoms with Crippen LogP contribution in [0.1, 0.15) is 13.8 Å². The largest absolute Gasteiger partial charge is 0.573 e. The van der Waals surface area contributed by atoms with Crippen LogP contribution < -0.4 is 9.64 Å². The number of benzene rings is 1. The molecule has 0 saturated carbocycles. The molecule has 0 amide bonds. The summed E-state index contributed by atoms with van der Waals surface area (Å²) in [5.41, 5.74) is 0.969. The van der Waals surface area contributed by atoms with Gasteiger partial charge in [0.2, 0.25) is 0 Å². The standard InChI is InChI=1S/C14H17F3N2O.C2H6/c1-18-6-10-8-19(9-11(10)7-18)12-2-4-13(5-3-12)20-14(15,16)17;1-2/h2-5,10-11H,6-9H2,1H3;1-2H3. The molecule has 0 aliphatic carbocycles. The summed E-state index contributed by atoms with van der Waals surface area (Å²) in [6.45, 7) is 8.18. The van der Waals surface area contributed by atoms with Crippen LogP contribution in [0.5, 0.6) is 5.75 Å². The zero-order valence-corrected chi connectivity index (χ0v) is 13.2. The Morgan fingerprint density at radius 1 is 0.955 bits per heavy atom. The first-order chi connectivity index (χ1) is 10.4. The molecule has 124 valence electrons. The van der Waals surface area contributed by atoms with Crippen molar-refractivity contribution in [2.45, 2.75) is 20.2 Å². The molecule has 2 aliphatic heterocycles. The molecule has 3 rings (SSSR count). The molecule has 0 bridgehead atoms. The van der Waals surface area contributed by atoms with Gasteiger partial charge in [0.25, 0.3) is 0 Å². The van der Waals surface area contributed by atoms with Crippen molar-refractivity contribution < 1.29 is 17.9 Å². The number of hydrogen-bond donors (Lipinski definition) is 0. The van der Waals surface area contributed by atoms with Crippen molar-refractivity contribution in [2.24, 2.45) is 11.8 Å². The van der Waals surface area contributed by atoms with Gasteiger partial charge in [0.15, 0.2) is 0 Å². The zero-order chi connectivity index (χ0) is 16.3. The molecule has 2 heterocycles. The monoisotopic (exact) mass is 316 g/mol. The molecule has 0 aromatic heterocycles. The minimum absolute atomic E-state index is 0.166. The van der Waals surface area contributed by atoms with E-state index in [-0.39, 0.29) is 5.75 Å². The quantitative estimate of drug-likeness (QED) is 0.829. The third-order valence-electron chi connectivity index (χ3n) is 4.10. The second kappa shape index (κ2) is 6.77. The van der Waals surface area contributed by atoms with E-state index in [2.05, 4.69) is 21.6 Å². The molecule has 0 spiro atoms. The average molecular weight is 316 g/mol. The third kappa shape index (κ3) is 4.06. The summed E-state index contributed by atoms with van der Waals surface area (Å²) in [6, 6.07) is 6.16. The highest BCUT2D eigenvalue weighted by molar-refractivity contribution is 5.50. The van der Waals surface area contributed by atoms with Gasteiger partial charge in [-0.05, 0) is 43.1 Å². The van der Waals surface area contributed by atoms with Crippen LogP contribution in [0.2, 0.25) is 0 Å². The van der Waals surface area contributed by atoms with Crippen LogP contribution in [0.15, 0.2) is 24.3 Å². The highest BCUT2D eigenvalue weighted by Crippen LogP contribution is 2.34. The van der Waals surface area contributed by atoms with E-state index >= 15 is 0 Å². The highest BCUT2D eigenvalue weighted by Gasteiger charge is 2.38. The molecule has 2 unspecified atom stereocenters. The van der Waals surface area contributed by atoms with Crippen LogP contribution in [-0.2, 0) is 0 Å². The maximum atomic E-state index is 12.1. The zero-order valence-electron chi connectivity index (χ0n) is 13.2. The van der Waals surface area contributed by atoms with Gasteiger partial charge in [-0.25, -0.2) is 0 Å². The van der Waals surface area contributed by atoms with Crippen molar-refractivity contribution in [1.82, 2.24) is 4.90 Å². The number of alkyl halides is 3. The molecule has 1 aromatic carbocycles. The summed E-state index contributed by atoms with van der Waals surface area (Å²) < 4.78 is 40.2. The number of hydrogen-bond acceptors (Lipinski definition) is 3. The Morgan fingerprint density at radius 3 is 1.91 bits per heavy atom. The number of ether oxygens (including phenoxy) is 1. The maximum absolute atomic E-state index is 12.1. The fourth-order valence-electron chi connectivity index (χ4n) is 3.30. The lowest BCUT2D eigenvalue weighted by atomic mass is 10.0. The molecule has 1 aromatic rings. The van der Waals surface area contributed by atoms with Crippen LogP contribution in [0, 0.1) is 11.8 Å². The molecular formula is C16H23F3N2O. The number of halogens is 3. The normalized spacial score (nSPS) is 24.7. The molecule has 0 radical (unpaired) electrons. The van der Waals surface area contributed by atoms with E-state index < -0.39 is 6.36 Å². The van der Waals surface area contributed by atoms with Crippen LogP contribution in [0.25, 0.3) is 0 Å². The lowest BCUT2D eigenvalue weighted by molar-refractivity contribution is -0.274. The lowest BCUT2D eigenvalue weighted by Crippen LogP contribution is -2.26. The fourth-order valence-corrected chi connectivity index (χ4v) is 3.30. The van der Waals surface area contributed by atoms with E-state index in [0.717, 1.165) is 31.9 Å². The van der Waals surface area contributed by atoms with E-state index in [9.17, 15) is 13.2 Å². The number of rotatable bonds is 2. The van der Waals surface area contributed by atoms with Crippen molar-refractivity contribution in [1.29, 1.82) is 0 Å². The Balaban J connectivity index is 0.000000847. The lowest BCUT2D eigenvalue weighted by Gasteiger charge is -2.21. The van der Waals surface area contributed by atoms with Crippen molar-refractivity contribution >= 4 is 5.69 Å². The summed E-state index contributed by atoms with van der Waals surface area (Å²) >= 11 is 0. The van der Waals surface area contributed by atoms with Crippen molar-refractivity contribution in [3.05, 3.63) is 24.3 Å². The van der Waals surface area contributed by atoms with E-state index in [0.29, 0.717) is 11.8 Å². The summed E-state index contributed by atoms with van der Waals surface area (Å²) in [5, 5.41) is 0. The Labute approximate surface area is 129 Å². The third-order valence-corrected chi connectivity index (χ3v) is 4.10. The topological polar surface area (TPSA) is 15.7 Å². The summed E-state index contributed by atoms with van der Waals surface area (Å²) in [5.74, 6) is 1.18. The molecule has 2 aliphatic rings. The van der Waals surface area contributed by atoms with Gasteiger partial charge in [-0.2, -0.15) is 0 Å². The van der Waals surface area contributed by atoms with Crippen molar-refractivity contribution in [2.75, 3.05) is 38.1 Å². The van der Waals surface area contributed by atoms with Gasteiger partial charge in [-0.15, -0.1) is 13.2 Å². The second-order valence-corrected chi connectivity index (χ2v) is 5.69. The first-order valence-electron chi connectivity index (χ1n) is 7.70. The Hall–Kier alpha value is -1.43. The molecule has 6 heteroatoms. The molecule has 3 nitrogen and oxygen atoms in total. The van der Waals surface area contributed by atoms with E-state index in [1.54, 1.807) is 12.1 Å². The van der Waals surface area contributed by atoms with E-state index in [1.165, 1.54) is 12.1 Å². The van der Waals surface area contributed by atoms with Gasteiger partial charge in [0.05, 0.1) is 0 Å². The predicted octanol–water partition coefficient (Wildman–Crippen LogP) is 3.61. The van der Waals surface area contributed by atoms with E-state index in [1.807, 2.05) is 13.8 Å². The Bertz CT molecular complexity index is 461. The second-order valence-electron chi connectivity index (χ2n) is 5.69. The van der Waals surface area contributed by atoms with Gasteiger partial charge in [-0.3, -0.25) is 0 Å². The first kappa shape index (κ1) is 16.9. The van der Waals surface area contributed by atoms with Gasteiger partial charge >= 0.3 is 6.36 Å². The fraction of sp³-hybridized carbons (Fsp3) is 0.625. The molecule has 0 N–H and O–H groups in total. The van der Waals surface area contributed by atoms with E-state index in [4.69, 9.17) is 0 Å². The molecule has 2 saturated heterocycles. The number of fused-ring (bicyclic) bond motifs is 1. The number of anilines is 1. The smallest absolute Gasteiger partial charge is 0.406 e. The predicted molar refractivity (Wildman–Crippen MR) is 81.2 cm³/mol. The van der Waals surface area contributed by atoms with Crippen LogP contribution in [-0.4, -0.2) is 44.5 Å². The highest BCUT2D eigenvalue weighted by atomic mass is 19.4. The molecule has 2 fully saturated rings. The van der Waals surface area contributed by atoms with Crippen molar-refractivity contribution in [3.63, 3.8) is 0 Å². The summed E-state index contributed by atoms with van der Waals surface area (Å²) in [6.07, 6.45) is -4.63. The van der Waals surface area contributed by atoms with Gasteiger partial charge < -0.3 is 14.5 Å². The Morgan fingerprint density at radius 2 is 1.45 bits per heavy atom. The number of likely N-dealkylation sites (tertiary alicyclic amines) is 1. The Kier molecular flexibility index (Phi) is 5.21. The minimum Gasteiger partial charge on any atom is -0.406 e. The van der Waals surface area contributed by atoms with Crippen molar-refractivity contribution in [3.8, 4) is 5.75 Å². The van der Waals surface area contributed by atoms with Crippen LogP contribution in [0.3, 0.4) is 0 Å². The molecular weight excluding hydrogens is 293 g/mol. The summed E-state index contributed by atoms with van der Waals surface area (Å²) in [4.78, 5) is 4.59. The van der Waals surface area contributed by atoms with Gasteiger partial charge in [0, 0.05) is 31.9 Å². The minimum atomic E-state index is -4.63.